The molecule has 0 N–H and O–H groups in total. The molecule has 5 aromatic rings. The maximum absolute atomic E-state index is 12.9. The lowest BCUT2D eigenvalue weighted by molar-refractivity contribution is -0.130. The fourth-order valence-corrected chi connectivity index (χ4v) is 4.31. The molecule has 0 aliphatic heterocycles. The van der Waals surface area contributed by atoms with Gasteiger partial charge in [-0.3, -0.25) is 0 Å². The summed E-state index contributed by atoms with van der Waals surface area (Å²) in [4.78, 5) is 49.0. The monoisotopic (exact) mass is 586 g/mol. The Bertz CT molecular complexity index is 2000. The van der Waals surface area contributed by atoms with E-state index in [0.29, 0.717) is 39.5 Å². The first-order chi connectivity index (χ1) is 21.1. The Labute approximate surface area is 252 Å². The number of ether oxygens (including phenoxy) is 4. The van der Waals surface area contributed by atoms with Gasteiger partial charge in [0, 0.05) is 11.6 Å². The van der Waals surface area contributed by atoms with Gasteiger partial charge in [-0.2, -0.15) is 0 Å². The normalized spacial score (nSPS) is 10.6. The molecule has 0 saturated heterocycles. The minimum Gasteiger partial charge on any atom is -0.423 e. The summed E-state index contributed by atoms with van der Waals surface area (Å²) in [6.45, 7) is 10.3. The minimum absolute atomic E-state index is 0.285. The average molecular weight is 587 g/mol. The summed E-state index contributed by atoms with van der Waals surface area (Å²) in [5.74, 6) is -0.854. The van der Waals surface area contributed by atoms with Crippen molar-refractivity contribution >= 4 is 45.4 Å². The molecule has 0 aromatic heterocycles. The molecule has 0 spiro atoms. The summed E-state index contributed by atoms with van der Waals surface area (Å²) >= 11 is 0. The van der Waals surface area contributed by atoms with Gasteiger partial charge >= 0.3 is 23.9 Å². The van der Waals surface area contributed by atoms with Crippen molar-refractivity contribution in [2.45, 2.75) is 13.8 Å². The highest BCUT2D eigenvalue weighted by molar-refractivity contribution is 5.98. The number of aryl methyl sites for hydroxylation is 1. The van der Waals surface area contributed by atoms with E-state index in [4.69, 9.17) is 18.9 Å². The van der Waals surface area contributed by atoms with Crippen LogP contribution in [0, 0.1) is 6.92 Å². The second kappa shape index (κ2) is 12.5. The van der Waals surface area contributed by atoms with Crippen LogP contribution < -0.4 is 18.9 Å². The molecule has 0 aliphatic carbocycles. The summed E-state index contributed by atoms with van der Waals surface area (Å²) in [5, 5.41) is 3.08. The van der Waals surface area contributed by atoms with E-state index in [-0.39, 0.29) is 5.75 Å². The molecule has 0 unspecified atom stereocenters. The Kier molecular flexibility index (Phi) is 8.35. The van der Waals surface area contributed by atoms with E-state index in [1.807, 2.05) is 0 Å². The first-order valence-corrected chi connectivity index (χ1v) is 13.4. The summed E-state index contributed by atoms with van der Waals surface area (Å²) in [5.41, 5.74) is 1.55. The summed E-state index contributed by atoms with van der Waals surface area (Å²) in [7, 11) is 0. The van der Waals surface area contributed by atoms with Crippen molar-refractivity contribution in [1.82, 2.24) is 0 Å². The second-order valence-corrected chi connectivity index (χ2v) is 9.95. The van der Waals surface area contributed by atoms with E-state index in [9.17, 15) is 19.2 Å². The van der Waals surface area contributed by atoms with Crippen LogP contribution in [0.25, 0.3) is 21.5 Å². The highest BCUT2D eigenvalue weighted by Crippen LogP contribution is 2.28. The van der Waals surface area contributed by atoms with Crippen LogP contribution in [0.1, 0.15) is 33.2 Å². The van der Waals surface area contributed by atoms with Gasteiger partial charge in [-0.05, 0) is 108 Å². The molecule has 0 amide bonds. The zero-order valence-electron chi connectivity index (χ0n) is 23.9. The first-order valence-electron chi connectivity index (χ1n) is 13.4. The number of rotatable bonds is 8. The maximum Gasteiger partial charge on any atom is 0.343 e. The van der Waals surface area contributed by atoms with Gasteiger partial charge in [0.05, 0.1) is 11.1 Å². The molecule has 0 atom stereocenters. The molecule has 5 rings (SSSR count). The Morgan fingerprint density at radius 1 is 0.591 bits per heavy atom. The number of hydrogen-bond acceptors (Lipinski definition) is 8. The van der Waals surface area contributed by atoms with Crippen molar-refractivity contribution in [2.24, 2.45) is 0 Å². The fraction of sp³-hybridized carbons (Fsp3) is 0.0556. The van der Waals surface area contributed by atoms with Crippen molar-refractivity contribution in [3.63, 3.8) is 0 Å². The lowest BCUT2D eigenvalue weighted by atomic mass is 10.1. The first kappa shape index (κ1) is 29.5. The Morgan fingerprint density at radius 2 is 1.07 bits per heavy atom. The lowest BCUT2D eigenvalue weighted by Crippen LogP contribution is -2.11. The zero-order chi connectivity index (χ0) is 31.4. The molecule has 0 aliphatic rings. The van der Waals surface area contributed by atoms with E-state index < -0.39 is 23.9 Å². The van der Waals surface area contributed by atoms with Gasteiger partial charge in [-0.1, -0.05) is 37.4 Å². The molecule has 8 heteroatoms. The largest absolute Gasteiger partial charge is 0.423 e. The molecule has 0 saturated carbocycles. The molecule has 8 nitrogen and oxygen atoms in total. The van der Waals surface area contributed by atoms with Gasteiger partial charge in [0.1, 0.15) is 23.0 Å². The number of fused-ring (bicyclic) bond motifs is 2. The molecule has 0 bridgehead atoms. The van der Waals surface area contributed by atoms with Gasteiger partial charge in [0.25, 0.3) is 0 Å². The maximum atomic E-state index is 12.9. The van der Waals surface area contributed by atoms with Crippen molar-refractivity contribution in [2.75, 3.05) is 0 Å². The molecule has 5 aromatic carbocycles. The lowest BCUT2D eigenvalue weighted by Gasteiger charge is -2.11. The number of carbonyl (C=O) groups excluding carboxylic acids is 4. The van der Waals surface area contributed by atoms with E-state index in [1.54, 1.807) is 105 Å². The Morgan fingerprint density at radius 3 is 1.61 bits per heavy atom. The molecular formula is C36H26O8. The summed E-state index contributed by atoms with van der Waals surface area (Å²) in [6.07, 6.45) is 1.08. The smallest absolute Gasteiger partial charge is 0.343 e. The Hall–Kier alpha value is -6.02. The van der Waals surface area contributed by atoms with Crippen LogP contribution in [0.4, 0.5) is 0 Å². The standard InChI is InChI=1S/C36H26O8/c1-5-33(37)41-30-12-10-23-17-27(8-6-25(23)19-30)35(39)43-29-14-15-32(22(4)16-29)44-36(40)28-9-7-26-20-31(13-11-24(26)18-28)42-34(38)21(2)3/h5-20H,1-2H2,3-4H3. The SMILES string of the molecule is C=CC(=O)Oc1ccc2cc(C(=O)Oc3ccc(OC(=O)c4ccc5cc(OC(=O)C(=C)C)ccc5c4)c(C)c3)ccc2c1. The molecule has 218 valence electrons. The zero-order valence-corrected chi connectivity index (χ0v) is 23.9. The summed E-state index contributed by atoms with van der Waals surface area (Å²) in [6, 6.07) is 24.9. The van der Waals surface area contributed by atoms with Crippen molar-refractivity contribution in [3.05, 3.63) is 132 Å². The molecule has 0 radical (unpaired) electrons. The molecule has 0 fully saturated rings. The predicted molar refractivity (Wildman–Crippen MR) is 165 cm³/mol. The van der Waals surface area contributed by atoms with Crippen LogP contribution in [0.5, 0.6) is 23.0 Å². The van der Waals surface area contributed by atoms with Crippen LogP contribution in [0.15, 0.2) is 116 Å². The average Bonchev–Trinajstić information content (AvgIpc) is 3.01. The number of carbonyl (C=O) groups is 4. The van der Waals surface area contributed by atoms with Gasteiger partial charge in [0.2, 0.25) is 0 Å². The van der Waals surface area contributed by atoms with Gasteiger partial charge in [-0.15, -0.1) is 0 Å². The third-order valence-corrected chi connectivity index (χ3v) is 6.60. The van der Waals surface area contributed by atoms with Crippen LogP contribution in [0.3, 0.4) is 0 Å². The molecule has 0 heterocycles. The van der Waals surface area contributed by atoms with Gasteiger partial charge in [0.15, 0.2) is 0 Å². The van der Waals surface area contributed by atoms with Crippen molar-refractivity contribution in [3.8, 4) is 23.0 Å². The van der Waals surface area contributed by atoms with Crippen molar-refractivity contribution in [1.29, 1.82) is 0 Å². The Balaban J connectivity index is 1.24. The third kappa shape index (κ3) is 6.71. The number of benzene rings is 5. The van der Waals surface area contributed by atoms with E-state index >= 15 is 0 Å². The van der Waals surface area contributed by atoms with Crippen molar-refractivity contribution < 1.29 is 38.1 Å². The highest BCUT2D eigenvalue weighted by atomic mass is 16.5. The number of hydrogen-bond donors (Lipinski definition) is 0. The highest BCUT2D eigenvalue weighted by Gasteiger charge is 2.15. The van der Waals surface area contributed by atoms with Crippen LogP contribution >= 0.6 is 0 Å². The number of esters is 4. The fourth-order valence-electron chi connectivity index (χ4n) is 4.31. The third-order valence-electron chi connectivity index (χ3n) is 6.60. The van der Waals surface area contributed by atoms with Crippen LogP contribution in [-0.2, 0) is 9.59 Å². The van der Waals surface area contributed by atoms with E-state index in [1.165, 1.54) is 0 Å². The van der Waals surface area contributed by atoms with E-state index in [0.717, 1.165) is 27.6 Å². The minimum atomic E-state index is -0.563. The van der Waals surface area contributed by atoms with Crippen LogP contribution in [0.2, 0.25) is 0 Å². The van der Waals surface area contributed by atoms with Gasteiger partial charge in [-0.25, -0.2) is 19.2 Å². The van der Waals surface area contributed by atoms with Crippen LogP contribution in [-0.4, -0.2) is 23.9 Å². The topological polar surface area (TPSA) is 105 Å². The molecule has 44 heavy (non-hydrogen) atoms. The van der Waals surface area contributed by atoms with Gasteiger partial charge < -0.3 is 18.9 Å². The predicted octanol–water partition coefficient (Wildman–Crippen LogP) is 7.31. The van der Waals surface area contributed by atoms with E-state index in [2.05, 4.69) is 13.2 Å². The summed E-state index contributed by atoms with van der Waals surface area (Å²) < 4.78 is 21.6. The molecular weight excluding hydrogens is 560 g/mol. The second-order valence-electron chi connectivity index (χ2n) is 9.95. The quantitative estimate of drug-likeness (QED) is 0.106.